The van der Waals surface area contributed by atoms with Crippen molar-refractivity contribution in [2.24, 2.45) is 5.10 Å². The second-order valence-corrected chi connectivity index (χ2v) is 4.83. The van der Waals surface area contributed by atoms with Gasteiger partial charge >= 0.3 is 0 Å². The molecule has 0 bridgehead atoms. The summed E-state index contributed by atoms with van der Waals surface area (Å²) in [6.45, 7) is 2.01. The number of anilines is 1. The number of carbonyl (C=O) groups excluding carboxylic acids is 1. The third-order valence-electron chi connectivity index (χ3n) is 3.00. The number of nitro groups is 1. The molecule has 0 saturated carbocycles. The van der Waals surface area contributed by atoms with Crippen molar-refractivity contribution in [1.29, 1.82) is 0 Å². The normalized spacial score (nSPS) is 10.5. The number of rotatable bonds is 6. The number of para-hydroxylation sites is 1. The number of benzene rings is 2. The van der Waals surface area contributed by atoms with Crippen LogP contribution < -0.4 is 10.7 Å². The highest BCUT2D eigenvalue weighted by atomic mass is 16.6. The average Bonchev–Trinajstić information content (AvgIpc) is 2.53. The fraction of sp³-hybridized carbons (Fsp3) is 0.125. The monoisotopic (exact) mass is 312 g/mol. The highest BCUT2D eigenvalue weighted by molar-refractivity contribution is 5.87. The van der Waals surface area contributed by atoms with Gasteiger partial charge in [-0.25, -0.2) is 5.43 Å². The van der Waals surface area contributed by atoms with E-state index in [1.807, 2.05) is 31.2 Å². The van der Waals surface area contributed by atoms with Gasteiger partial charge in [0.05, 0.1) is 23.2 Å². The van der Waals surface area contributed by atoms with Crippen LogP contribution in [-0.4, -0.2) is 23.6 Å². The third-order valence-corrected chi connectivity index (χ3v) is 3.00. The van der Waals surface area contributed by atoms with E-state index in [1.165, 1.54) is 12.3 Å². The first-order chi connectivity index (χ1) is 11.1. The van der Waals surface area contributed by atoms with E-state index < -0.39 is 4.92 Å². The van der Waals surface area contributed by atoms with Crippen LogP contribution in [0.1, 0.15) is 11.1 Å². The molecule has 2 N–H and O–H groups in total. The van der Waals surface area contributed by atoms with Gasteiger partial charge in [0.2, 0.25) is 0 Å². The van der Waals surface area contributed by atoms with Gasteiger partial charge in [0, 0.05) is 11.8 Å². The summed E-state index contributed by atoms with van der Waals surface area (Å²) in [5.41, 5.74) is 4.51. The van der Waals surface area contributed by atoms with Gasteiger partial charge in [0.1, 0.15) is 0 Å². The van der Waals surface area contributed by atoms with E-state index in [-0.39, 0.29) is 18.1 Å². The van der Waals surface area contributed by atoms with Crippen LogP contribution in [0.3, 0.4) is 0 Å². The van der Waals surface area contributed by atoms with Crippen LogP contribution in [0.15, 0.2) is 53.6 Å². The summed E-state index contributed by atoms with van der Waals surface area (Å²) in [4.78, 5) is 22.0. The van der Waals surface area contributed by atoms with Crippen LogP contribution in [0.4, 0.5) is 11.4 Å². The Kier molecular flexibility index (Phi) is 5.40. The van der Waals surface area contributed by atoms with Gasteiger partial charge in [-0.3, -0.25) is 14.9 Å². The van der Waals surface area contributed by atoms with Crippen LogP contribution in [0.25, 0.3) is 0 Å². The Labute approximate surface area is 133 Å². The van der Waals surface area contributed by atoms with E-state index in [9.17, 15) is 14.9 Å². The first kappa shape index (κ1) is 16.2. The summed E-state index contributed by atoms with van der Waals surface area (Å²) < 4.78 is 0. The molecule has 0 aliphatic heterocycles. The van der Waals surface area contributed by atoms with Crippen LogP contribution in [0, 0.1) is 17.0 Å². The molecule has 7 nitrogen and oxygen atoms in total. The minimum absolute atomic E-state index is 0.0533. The molecule has 2 aromatic rings. The summed E-state index contributed by atoms with van der Waals surface area (Å²) >= 11 is 0. The second-order valence-electron chi connectivity index (χ2n) is 4.83. The van der Waals surface area contributed by atoms with Crippen LogP contribution in [0.5, 0.6) is 0 Å². The summed E-state index contributed by atoms with van der Waals surface area (Å²) in [7, 11) is 0. The Bertz CT molecular complexity index is 744. The van der Waals surface area contributed by atoms with Crippen LogP contribution in [-0.2, 0) is 4.79 Å². The molecular weight excluding hydrogens is 296 g/mol. The summed E-state index contributed by atoms with van der Waals surface area (Å²) in [5, 5.41) is 17.6. The molecule has 7 heteroatoms. The molecule has 0 aliphatic rings. The smallest absolute Gasteiger partial charge is 0.278 e. The molecule has 0 aromatic heterocycles. The highest BCUT2D eigenvalue weighted by Crippen LogP contribution is 2.15. The van der Waals surface area contributed by atoms with E-state index in [1.54, 1.807) is 18.2 Å². The third kappa shape index (κ3) is 4.92. The van der Waals surface area contributed by atoms with E-state index in [4.69, 9.17) is 0 Å². The largest absolute Gasteiger partial charge is 0.376 e. The van der Waals surface area contributed by atoms with Gasteiger partial charge in [-0.1, -0.05) is 24.3 Å². The first-order valence-electron chi connectivity index (χ1n) is 6.92. The van der Waals surface area contributed by atoms with Gasteiger partial charge in [0.15, 0.2) is 0 Å². The minimum atomic E-state index is -0.498. The number of amides is 1. The predicted molar refractivity (Wildman–Crippen MR) is 88.5 cm³/mol. The predicted octanol–water partition coefficient (Wildman–Crippen LogP) is 2.47. The Hall–Kier alpha value is -3.22. The maximum Gasteiger partial charge on any atom is 0.278 e. The molecule has 2 aromatic carbocycles. The van der Waals surface area contributed by atoms with Crippen molar-refractivity contribution in [2.45, 2.75) is 6.92 Å². The minimum Gasteiger partial charge on any atom is -0.376 e. The van der Waals surface area contributed by atoms with Crippen molar-refractivity contribution in [2.75, 3.05) is 11.9 Å². The standard InChI is InChI=1S/C16H16N4O3/c1-12-5-4-7-14(9-12)17-11-16(21)19-18-10-13-6-2-3-8-15(13)20(22)23/h2-10,17H,11H2,1H3,(H,19,21)/b18-10+. The second kappa shape index (κ2) is 7.69. The van der Waals surface area contributed by atoms with Crippen molar-refractivity contribution >= 4 is 23.5 Å². The molecule has 0 fully saturated rings. The number of nitro benzene ring substituents is 1. The van der Waals surface area contributed by atoms with E-state index in [2.05, 4.69) is 15.8 Å². The Balaban J connectivity index is 1.88. The number of hydrogen-bond donors (Lipinski definition) is 2. The SMILES string of the molecule is Cc1cccc(NCC(=O)N/N=C/c2ccccc2[N+](=O)[O-])c1. The summed E-state index contributed by atoms with van der Waals surface area (Å²) in [6, 6.07) is 13.8. The Morgan fingerprint density at radius 1 is 1.26 bits per heavy atom. The maximum absolute atomic E-state index is 11.7. The maximum atomic E-state index is 11.7. The lowest BCUT2D eigenvalue weighted by molar-refractivity contribution is -0.385. The van der Waals surface area contributed by atoms with E-state index in [0.717, 1.165) is 11.3 Å². The van der Waals surface area contributed by atoms with Crippen molar-refractivity contribution < 1.29 is 9.72 Å². The van der Waals surface area contributed by atoms with Gasteiger partial charge in [-0.05, 0) is 30.7 Å². The molecule has 118 valence electrons. The molecule has 2 rings (SSSR count). The Morgan fingerprint density at radius 2 is 2.04 bits per heavy atom. The quantitative estimate of drug-likeness (QED) is 0.486. The molecule has 0 aliphatic carbocycles. The molecule has 0 spiro atoms. The topological polar surface area (TPSA) is 96.6 Å². The van der Waals surface area contributed by atoms with Crippen molar-refractivity contribution in [1.82, 2.24) is 5.43 Å². The molecule has 0 unspecified atom stereocenters. The molecule has 0 atom stereocenters. The number of nitrogens with zero attached hydrogens (tertiary/aromatic N) is 2. The van der Waals surface area contributed by atoms with Crippen LogP contribution >= 0.6 is 0 Å². The van der Waals surface area contributed by atoms with Gasteiger partial charge in [0.25, 0.3) is 11.6 Å². The van der Waals surface area contributed by atoms with Gasteiger partial charge in [-0.2, -0.15) is 5.10 Å². The molecule has 23 heavy (non-hydrogen) atoms. The summed E-state index contributed by atoms with van der Waals surface area (Å²) in [6.07, 6.45) is 1.25. The van der Waals surface area contributed by atoms with Gasteiger partial charge in [-0.15, -0.1) is 0 Å². The first-order valence-corrected chi connectivity index (χ1v) is 6.92. The number of aryl methyl sites for hydroxylation is 1. The molecule has 0 heterocycles. The van der Waals surface area contributed by atoms with Crippen LogP contribution in [0.2, 0.25) is 0 Å². The fourth-order valence-electron chi connectivity index (χ4n) is 1.91. The summed E-state index contributed by atoms with van der Waals surface area (Å²) in [5.74, 6) is -0.346. The van der Waals surface area contributed by atoms with Crippen molar-refractivity contribution in [3.63, 3.8) is 0 Å². The zero-order chi connectivity index (χ0) is 16.7. The van der Waals surface area contributed by atoms with E-state index in [0.29, 0.717) is 5.56 Å². The molecular formula is C16H16N4O3. The lowest BCUT2D eigenvalue weighted by atomic mass is 10.2. The van der Waals surface area contributed by atoms with Gasteiger partial charge < -0.3 is 5.32 Å². The average molecular weight is 312 g/mol. The number of hydrogen-bond acceptors (Lipinski definition) is 5. The highest BCUT2D eigenvalue weighted by Gasteiger charge is 2.10. The van der Waals surface area contributed by atoms with Crippen molar-refractivity contribution in [3.8, 4) is 0 Å². The Morgan fingerprint density at radius 3 is 2.78 bits per heavy atom. The fourth-order valence-corrected chi connectivity index (χ4v) is 1.91. The number of hydrazone groups is 1. The number of nitrogens with one attached hydrogen (secondary N) is 2. The zero-order valence-corrected chi connectivity index (χ0v) is 12.5. The zero-order valence-electron chi connectivity index (χ0n) is 12.5. The van der Waals surface area contributed by atoms with E-state index >= 15 is 0 Å². The lowest BCUT2D eigenvalue weighted by Crippen LogP contribution is -2.25. The molecule has 0 saturated heterocycles. The molecule has 1 amide bonds. The van der Waals surface area contributed by atoms with Crippen molar-refractivity contribution in [3.05, 3.63) is 69.8 Å². The number of carbonyl (C=O) groups is 1. The molecule has 0 radical (unpaired) electrons. The lowest BCUT2D eigenvalue weighted by Gasteiger charge is -2.05.